The second-order valence-electron chi connectivity index (χ2n) is 5.08. The lowest BCUT2D eigenvalue weighted by Crippen LogP contribution is -2.32. The Hall–Kier alpha value is -1.08. The lowest BCUT2D eigenvalue weighted by atomic mass is 9.87. The molecule has 1 aliphatic rings. The first kappa shape index (κ1) is 12.4. The predicted octanol–water partition coefficient (Wildman–Crippen LogP) is 4.01. The molecule has 1 aliphatic carbocycles. The van der Waals surface area contributed by atoms with E-state index in [1.165, 1.54) is 36.8 Å². The van der Waals surface area contributed by atoms with Crippen molar-refractivity contribution in [3.05, 3.63) is 48.0 Å². The summed E-state index contributed by atoms with van der Waals surface area (Å²) in [7, 11) is 0. The van der Waals surface area contributed by atoms with Crippen LogP contribution in [0.15, 0.2) is 36.9 Å². The number of allylic oxidation sites excluding steroid dienone is 1. The first-order valence-electron chi connectivity index (χ1n) is 6.76. The number of hydrogen-bond donors (Lipinski definition) is 1. The fourth-order valence-corrected chi connectivity index (χ4v) is 2.72. The summed E-state index contributed by atoms with van der Waals surface area (Å²) in [5.41, 5.74) is 3.05. The van der Waals surface area contributed by atoms with Crippen LogP contribution in [0, 0.1) is 0 Å². The molecular weight excluding hydrogens is 206 g/mol. The minimum atomic E-state index is 0.555. The number of rotatable bonds is 5. The molecule has 0 amide bonds. The van der Waals surface area contributed by atoms with Crippen molar-refractivity contribution >= 4 is 0 Å². The fraction of sp³-hybridized carbons (Fsp3) is 0.500. The molecule has 1 N–H and O–H groups in total. The Balaban J connectivity index is 2.00. The zero-order valence-electron chi connectivity index (χ0n) is 10.8. The van der Waals surface area contributed by atoms with E-state index in [9.17, 15) is 0 Å². The van der Waals surface area contributed by atoms with Crippen molar-refractivity contribution in [2.75, 3.05) is 0 Å². The van der Waals surface area contributed by atoms with Gasteiger partial charge in [0.1, 0.15) is 0 Å². The van der Waals surface area contributed by atoms with Crippen LogP contribution in [-0.4, -0.2) is 6.04 Å². The Morgan fingerprint density at radius 1 is 1.47 bits per heavy atom. The molecule has 0 aliphatic heterocycles. The van der Waals surface area contributed by atoms with Gasteiger partial charge in [0, 0.05) is 12.1 Å². The Labute approximate surface area is 105 Å². The molecule has 0 saturated heterocycles. The van der Waals surface area contributed by atoms with E-state index in [0.717, 1.165) is 6.42 Å². The van der Waals surface area contributed by atoms with Crippen molar-refractivity contribution in [2.24, 2.45) is 0 Å². The summed E-state index contributed by atoms with van der Waals surface area (Å²) in [5.74, 6) is 0. The highest BCUT2D eigenvalue weighted by Crippen LogP contribution is 2.29. The minimum absolute atomic E-state index is 0.555. The summed E-state index contributed by atoms with van der Waals surface area (Å²) in [5, 5.41) is 3.76. The van der Waals surface area contributed by atoms with Crippen molar-refractivity contribution in [2.45, 2.75) is 51.1 Å². The second kappa shape index (κ2) is 6.02. The maximum atomic E-state index is 3.79. The van der Waals surface area contributed by atoms with Crippen molar-refractivity contribution in [1.82, 2.24) is 5.32 Å². The highest BCUT2D eigenvalue weighted by molar-refractivity contribution is 5.32. The van der Waals surface area contributed by atoms with Crippen LogP contribution >= 0.6 is 0 Å². The molecule has 0 aromatic heterocycles. The summed E-state index contributed by atoms with van der Waals surface area (Å²) < 4.78 is 0. The molecule has 0 bridgehead atoms. The van der Waals surface area contributed by atoms with Crippen molar-refractivity contribution in [3.8, 4) is 0 Å². The lowest BCUT2D eigenvalue weighted by Gasteiger charge is -2.29. The monoisotopic (exact) mass is 229 g/mol. The van der Waals surface area contributed by atoms with Gasteiger partial charge in [-0.3, -0.25) is 0 Å². The topological polar surface area (TPSA) is 12.0 Å². The van der Waals surface area contributed by atoms with Gasteiger partial charge >= 0.3 is 0 Å². The van der Waals surface area contributed by atoms with Crippen LogP contribution in [0.4, 0.5) is 0 Å². The van der Waals surface area contributed by atoms with E-state index in [-0.39, 0.29) is 0 Å². The highest BCUT2D eigenvalue weighted by Gasteiger charge is 2.20. The molecule has 92 valence electrons. The number of aryl methyl sites for hydroxylation is 1. The second-order valence-corrected chi connectivity index (χ2v) is 5.08. The Morgan fingerprint density at radius 3 is 3.12 bits per heavy atom. The molecule has 2 atom stereocenters. The Morgan fingerprint density at radius 2 is 2.29 bits per heavy atom. The van der Waals surface area contributed by atoms with Gasteiger partial charge in [-0.2, -0.15) is 0 Å². The standard InChI is InChI=1S/C16H23N/c1-3-4-8-13(2)17-16-12-7-10-14-9-5-6-11-15(14)16/h3,5-6,9,11,13,16-17H,1,4,7-8,10,12H2,2H3. The molecule has 2 unspecified atom stereocenters. The van der Waals surface area contributed by atoms with Gasteiger partial charge in [-0.15, -0.1) is 6.58 Å². The van der Waals surface area contributed by atoms with Crippen molar-refractivity contribution < 1.29 is 0 Å². The summed E-state index contributed by atoms with van der Waals surface area (Å²) in [6.45, 7) is 6.07. The van der Waals surface area contributed by atoms with Crippen LogP contribution in [0.5, 0.6) is 0 Å². The highest BCUT2D eigenvalue weighted by atomic mass is 14.9. The van der Waals surface area contributed by atoms with E-state index in [1.807, 2.05) is 6.08 Å². The van der Waals surface area contributed by atoms with Crippen molar-refractivity contribution in [1.29, 1.82) is 0 Å². The molecule has 0 spiro atoms. The zero-order chi connectivity index (χ0) is 12.1. The quantitative estimate of drug-likeness (QED) is 0.752. The van der Waals surface area contributed by atoms with Gasteiger partial charge in [0.15, 0.2) is 0 Å². The van der Waals surface area contributed by atoms with E-state index in [2.05, 4.69) is 43.1 Å². The molecule has 17 heavy (non-hydrogen) atoms. The van der Waals surface area contributed by atoms with E-state index in [4.69, 9.17) is 0 Å². The number of fused-ring (bicyclic) bond motifs is 1. The van der Waals surface area contributed by atoms with Crippen molar-refractivity contribution in [3.63, 3.8) is 0 Å². The molecule has 1 heteroatoms. The Kier molecular flexibility index (Phi) is 4.38. The Bertz CT molecular complexity index is 370. The third-order valence-corrected chi connectivity index (χ3v) is 3.66. The molecule has 2 rings (SSSR count). The number of nitrogens with one attached hydrogen (secondary N) is 1. The SMILES string of the molecule is C=CCCC(C)NC1CCCc2ccccc21. The smallest absolute Gasteiger partial charge is 0.0325 e. The molecule has 0 radical (unpaired) electrons. The third-order valence-electron chi connectivity index (χ3n) is 3.66. The number of benzene rings is 1. The van der Waals surface area contributed by atoms with Gasteiger partial charge < -0.3 is 5.32 Å². The first-order chi connectivity index (χ1) is 8.31. The van der Waals surface area contributed by atoms with Gasteiger partial charge in [-0.25, -0.2) is 0 Å². The van der Waals surface area contributed by atoms with Gasteiger partial charge in [0.25, 0.3) is 0 Å². The van der Waals surface area contributed by atoms with E-state index in [0.29, 0.717) is 12.1 Å². The van der Waals surface area contributed by atoms with E-state index in [1.54, 1.807) is 0 Å². The van der Waals surface area contributed by atoms with Crippen LogP contribution in [-0.2, 0) is 6.42 Å². The van der Waals surface area contributed by atoms with Gasteiger partial charge in [0.05, 0.1) is 0 Å². The lowest BCUT2D eigenvalue weighted by molar-refractivity contribution is 0.397. The van der Waals surface area contributed by atoms with Crippen LogP contribution in [0.3, 0.4) is 0 Å². The summed E-state index contributed by atoms with van der Waals surface area (Å²) >= 11 is 0. The van der Waals surface area contributed by atoms with Crippen LogP contribution < -0.4 is 5.32 Å². The van der Waals surface area contributed by atoms with Crippen LogP contribution in [0.25, 0.3) is 0 Å². The zero-order valence-corrected chi connectivity index (χ0v) is 10.8. The summed E-state index contributed by atoms with van der Waals surface area (Å²) in [4.78, 5) is 0. The molecule has 0 heterocycles. The summed E-state index contributed by atoms with van der Waals surface area (Å²) in [6, 6.07) is 10.0. The molecular formula is C16H23N. The van der Waals surface area contributed by atoms with Crippen LogP contribution in [0.2, 0.25) is 0 Å². The van der Waals surface area contributed by atoms with Crippen LogP contribution in [0.1, 0.15) is 49.8 Å². The maximum Gasteiger partial charge on any atom is 0.0325 e. The fourth-order valence-electron chi connectivity index (χ4n) is 2.72. The maximum absolute atomic E-state index is 3.79. The molecule has 0 fully saturated rings. The number of hydrogen-bond acceptors (Lipinski definition) is 1. The first-order valence-corrected chi connectivity index (χ1v) is 6.76. The third kappa shape index (κ3) is 3.19. The summed E-state index contributed by atoms with van der Waals surface area (Å²) in [6.07, 6.45) is 8.12. The van der Waals surface area contributed by atoms with Gasteiger partial charge in [0.2, 0.25) is 0 Å². The minimum Gasteiger partial charge on any atom is -0.307 e. The molecule has 1 nitrogen and oxygen atoms in total. The molecule has 0 saturated carbocycles. The van der Waals surface area contributed by atoms with Gasteiger partial charge in [-0.1, -0.05) is 30.3 Å². The average molecular weight is 229 g/mol. The van der Waals surface area contributed by atoms with Gasteiger partial charge in [-0.05, 0) is 50.2 Å². The van der Waals surface area contributed by atoms with E-state index < -0.39 is 0 Å². The molecule has 1 aromatic rings. The molecule has 1 aromatic carbocycles. The normalized spacial score (nSPS) is 20.6. The largest absolute Gasteiger partial charge is 0.307 e. The predicted molar refractivity (Wildman–Crippen MR) is 74.1 cm³/mol. The van der Waals surface area contributed by atoms with E-state index >= 15 is 0 Å². The average Bonchev–Trinajstić information content (AvgIpc) is 2.37.